The number of benzene rings is 2. The smallest absolute Gasteiger partial charge is 0.343 e. The maximum atomic E-state index is 13.0. The van der Waals surface area contributed by atoms with Gasteiger partial charge >= 0.3 is 5.97 Å². The second-order valence-electron chi connectivity index (χ2n) is 5.21. The number of ketones is 1. The zero-order chi connectivity index (χ0) is 18.4. The van der Waals surface area contributed by atoms with Gasteiger partial charge in [-0.05, 0) is 30.3 Å². The number of nitrogens with one attached hydrogen (secondary N) is 1. The Balaban J connectivity index is 2.34. The minimum atomic E-state index is -0.789. The lowest BCUT2D eigenvalue weighted by atomic mass is 9.94. The van der Waals surface area contributed by atoms with Gasteiger partial charge in [-0.1, -0.05) is 11.5 Å². The summed E-state index contributed by atoms with van der Waals surface area (Å²) in [6.07, 6.45) is 1.28. The summed E-state index contributed by atoms with van der Waals surface area (Å²) in [5.41, 5.74) is 1.56. The van der Waals surface area contributed by atoms with E-state index in [1.807, 2.05) is 13.9 Å². The molecular formula is C18H17BFNO4. The van der Waals surface area contributed by atoms with Crippen molar-refractivity contribution in [2.75, 3.05) is 19.5 Å². The van der Waals surface area contributed by atoms with E-state index in [0.717, 1.165) is 17.6 Å². The topological polar surface area (TPSA) is 64.6 Å². The van der Waals surface area contributed by atoms with Crippen LogP contribution in [0.2, 0.25) is 0 Å². The Labute approximate surface area is 145 Å². The first-order chi connectivity index (χ1) is 12.0. The normalized spacial score (nSPS) is 10.9. The van der Waals surface area contributed by atoms with Crippen LogP contribution in [0.3, 0.4) is 0 Å². The maximum absolute atomic E-state index is 13.0. The summed E-state index contributed by atoms with van der Waals surface area (Å²) in [7, 11) is 4.60. The highest BCUT2D eigenvalue weighted by Gasteiger charge is 2.20. The zero-order valence-electron chi connectivity index (χ0n) is 14.1. The van der Waals surface area contributed by atoms with Gasteiger partial charge in [-0.25, -0.2) is 9.18 Å². The number of ether oxygens (including phenoxy) is 2. The van der Waals surface area contributed by atoms with Gasteiger partial charge in [0.15, 0.2) is 0 Å². The van der Waals surface area contributed by atoms with E-state index in [0.29, 0.717) is 11.4 Å². The molecule has 1 N–H and O–H groups in total. The Morgan fingerprint density at radius 1 is 1.12 bits per heavy atom. The van der Waals surface area contributed by atoms with Gasteiger partial charge in [0.2, 0.25) is 5.78 Å². The van der Waals surface area contributed by atoms with Crippen molar-refractivity contribution in [2.45, 2.75) is 0 Å². The molecule has 0 aromatic heterocycles. The number of rotatable bonds is 6. The lowest BCUT2D eigenvalue weighted by molar-refractivity contribution is -0.135. The molecular weight excluding hydrogens is 324 g/mol. The average molecular weight is 341 g/mol. The van der Waals surface area contributed by atoms with Crippen LogP contribution in [-0.2, 0) is 9.53 Å². The van der Waals surface area contributed by atoms with Crippen molar-refractivity contribution in [2.24, 2.45) is 0 Å². The van der Waals surface area contributed by atoms with Gasteiger partial charge in [0, 0.05) is 23.5 Å². The summed E-state index contributed by atoms with van der Waals surface area (Å²) in [6.45, 7) is 0. The van der Waals surface area contributed by atoms with E-state index in [1.54, 1.807) is 19.2 Å². The van der Waals surface area contributed by atoms with Gasteiger partial charge < -0.3 is 14.8 Å². The van der Waals surface area contributed by atoms with Gasteiger partial charge in [-0.15, -0.1) is 0 Å². The molecule has 0 aliphatic heterocycles. The first-order valence-corrected chi connectivity index (χ1v) is 7.46. The molecule has 0 unspecified atom stereocenters. The highest BCUT2D eigenvalue weighted by atomic mass is 19.1. The van der Waals surface area contributed by atoms with Crippen LogP contribution in [0.25, 0.3) is 0 Å². The molecule has 0 fully saturated rings. The summed E-state index contributed by atoms with van der Waals surface area (Å²) in [5.74, 6) is -1.20. The molecule has 128 valence electrons. The number of Topliss-reactive ketones (excluding diaryl/α,β-unsaturated/α-hetero) is 1. The highest BCUT2D eigenvalue weighted by molar-refractivity contribution is 6.36. The fraction of sp³-hybridized carbons (Fsp3) is 0.111. The Hall–Kier alpha value is -3.09. The van der Waals surface area contributed by atoms with Crippen molar-refractivity contribution in [3.63, 3.8) is 0 Å². The highest BCUT2D eigenvalue weighted by Crippen LogP contribution is 2.16. The van der Waals surface area contributed by atoms with Crippen LogP contribution in [0.15, 0.2) is 54.2 Å². The third kappa shape index (κ3) is 4.47. The van der Waals surface area contributed by atoms with E-state index in [2.05, 4.69) is 10.1 Å². The molecule has 0 aliphatic carbocycles. The molecule has 0 bridgehead atoms. The molecule has 0 radical (unpaired) electrons. The number of carbonyl (C=O) groups excluding carboxylic acids is 2. The van der Waals surface area contributed by atoms with E-state index in [1.165, 1.54) is 25.4 Å². The number of anilines is 1. The van der Waals surface area contributed by atoms with Crippen LogP contribution in [-0.4, -0.2) is 33.8 Å². The molecule has 0 heterocycles. The quantitative estimate of drug-likeness (QED) is 0.215. The van der Waals surface area contributed by atoms with Gasteiger partial charge in [0.25, 0.3) is 0 Å². The Morgan fingerprint density at radius 3 is 2.40 bits per heavy atom. The van der Waals surface area contributed by atoms with E-state index in [9.17, 15) is 14.0 Å². The lowest BCUT2D eigenvalue weighted by Crippen LogP contribution is -2.17. The molecule has 7 heteroatoms. The first kappa shape index (κ1) is 18.3. The van der Waals surface area contributed by atoms with Crippen LogP contribution in [0.4, 0.5) is 10.1 Å². The molecule has 2 aromatic carbocycles. The minimum Gasteiger partial charge on any atom is -0.497 e. The second kappa shape index (κ2) is 8.14. The summed E-state index contributed by atoms with van der Waals surface area (Å²) in [4.78, 5) is 24.5. The van der Waals surface area contributed by atoms with Gasteiger partial charge in [-0.3, -0.25) is 4.79 Å². The molecule has 0 aliphatic rings. The number of esters is 1. The standard InChI is InChI=1S/C18H17BFNO4/c1-24-13-7-8-15(19)16(9-13)21-10-14(18(23)25-2)17(22)11-3-5-12(20)6-4-11/h3-10,21H,19H2,1-2H3/b14-10-. The molecule has 2 rings (SSSR count). The predicted molar refractivity (Wildman–Crippen MR) is 95.6 cm³/mol. The number of methoxy groups -OCH3 is 2. The predicted octanol–water partition coefficient (Wildman–Crippen LogP) is 1.44. The van der Waals surface area contributed by atoms with Crippen LogP contribution in [0.5, 0.6) is 5.75 Å². The number of hydrogen-bond donors (Lipinski definition) is 1. The SMILES string of the molecule is Bc1ccc(OC)cc1N/C=C(\C(=O)OC)C(=O)c1ccc(F)cc1. The summed E-state index contributed by atoms with van der Waals surface area (Å²) >= 11 is 0. The molecule has 25 heavy (non-hydrogen) atoms. The lowest BCUT2D eigenvalue weighted by Gasteiger charge is -2.10. The van der Waals surface area contributed by atoms with E-state index >= 15 is 0 Å². The number of hydrogen-bond acceptors (Lipinski definition) is 5. The summed E-state index contributed by atoms with van der Waals surface area (Å²) in [6, 6.07) is 10.3. The van der Waals surface area contributed by atoms with Gasteiger partial charge in [0.05, 0.1) is 14.2 Å². The average Bonchev–Trinajstić information content (AvgIpc) is 2.63. The largest absolute Gasteiger partial charge is 0.497 e. The third-order valence-electron chi connectivity index (χ3n) is 3.57. The summed E-state index contributed by atoms with van der Waals surface area (Å²) in [5, 5.41) is 2.93. The van der Waals surface area contributed by atoms with E-state index < -0.39 is 17.6 Å². The fourth-order valence-electron chi connectivity index (χ4n) is 2.12. The molecule has 0 saturated carbocycles. The summed E-state index contributed by atoms with van der Waals surface area (Å²) < 4.78 is 22.9. The van der Waals surface area contributed by atoms with Crippen molar-refractivity contribution in [1.82, 2.24) is 0 Å². The van der Waals surface area contributed by atoms with Crippen molar-refractivity contribution < 1.29 is 23.5 Å². The van der Waals surface area contributed by atoms with Gasteiger partial charge in [-0.2, -0.15) is 0 Å². The second-order valence-corrected chi connectivity index (χ2v) is 5.21. The monoisotopic (exact) mass is 341 g/mol. The van der Waals surface area contributed by atoms with E-state index in [-0.39, 0.29) is 11.1 Å². The molecule has 0 atom stereocenters. The van der Waals surface area contributed by atoms with Crippen molar-refractivity contribution >= 4 is 30.7 Å². The van der Waals surface area contributed by atoms with Crippen LogP contribution in [0, 0.1) is 5.82 Å². The number of halogens is 1. The molecule has 0 saturated heterocycles. The molecule has 5 nitrogen and oxygen atoms in total. The molecule has 0 amide bonds. The Kier molecular flexibility index (Phi) is 5.95. The third-order valence-corrected chi connectivity index (χ3v) is 3.57. The molecule has 2 aromatic rings. The first-order valence-electron chi connectivity index (χ1n) is 7.46. The van der Waals surface area contributed by atoms with Crippen molar-refractivity contribution in [1.29, 1.82) is 0 Å². The minimum absolute atomic E-state index is 0.183. The maximum Gasteiger partial charge on any atom is 0.343 e. The fourth-order valence-corrected chi connectivity index (χ4v) is 2.12. The Bertz CT molecular complexity index is 818. The van der Waals surface area contributed by atoms with Crippen LogP contribution >= 0.6 is 0 Å². The zero-order valence-corrected chi connectivity index (χ0v) is 14.1. The van der Waals surface area contributed by atoms with Gasteiger partial charge in [0.1, 0.15) is 25.0 Å². The van der Waals surface area contributed by atoms with E-state index in [4.69, 9.17) is 4.74 Å². The van der Waals surface area contributed by atoms with Crippen LogP contribution < -0.4 is 15.5 Å². The molecule has 0 spiro atoms. The Morgan fingerprint density at radius 2 is 1.80 bits per heavy atom. The van der Waals surface area contributed by atoms with Crippen molar-refractivity contribution in [3.05, 3.63) is 65.6 Å². The van der Waals surface area contributed by atoms with Crippen molar-refractivity contribution in [3.8, 4) is 5.75 Å². The van der Waals surface area contributed by atoms with Crippen LogP contribution in [0.1, 0.15) is 10.4 Å². The number of carbonyl (C=O) groups is 2.